The number of pyridine rings is 5. The molecular formula is C92H116F2N16O11. The van der Waals surface area contributed by atoms with Crippen molar-refractivity contribution in [1.29, 1.82) is 0 Å². The number of piperidine rings is 5. The molecule has 5 saturated heterocycles. The summed E-state index contributed by atoms with van der Waals surface area (Å²) in [5, 5.41) is 13.2. The summed E-state index contributed by atoms with van der Waals surface area (Å²) >= 11 is 0. The molecule has 0 bridgehead atoms. The number of hydrogen-bond donors (Lipinski definition) is 4. The number of halogens is 2. The van der Waals surface area contributed by atoms with Crippen molar-refractivity contribution in [1.82, 2.24) is 79.5 Å². The Hall–Kier alpha value is -10.7. The van der Waals surface area contributed by atoms with Crippen LogP contribution in [-0.4, -0.2) is 221 Å². The van der Waals surface area contributed by atoms with Crippen LogP contribution < -0.4 is 21.3 Å². The normalized spacial score (nSPS) is 21.6. The molecule has 8 aromatic rings. The lowest BCUT2D eigenvalue weighted by Gasteiger charge is -2.36. The number of ether oxygens (including phenoxy) is 2. The van der Waals surface area contributed by atoms with E-state index in [-0.39, 0.29) is 75.8 Å². The van der Waals surface area contributed by atoms with Crippen LogP contribution in [0.25, 0.3) is 28.3 Å². The highest BCUT2D eigenvalue weighted by atomic mass is 19.3. The van der Waals surface area contributed by atoms with Crippen LogP contribution in [0.4, 0.5) is 18.4 Å². The SMILES string of the molecule is CC(C)(C)OC(=O)N1CCC2(CC1)CC2CNC(=O)c1ccc2nccn2c1.CC(C)(C)OC(=O)N1CCC2(CC1)CC2CNC(=O)c1ccc2nccn2c1.CC(F)(F)CN1CCC(CC(=O)N2CCC3(CC2)CC3CNC(=O)C2=Cc3cnccc3C2)CC1.O=C(NCC1CC12CCN(C(=O)Cc1cccnc1)CC2)c1cc2ccncc2o1. The number of amides is 8. The van der Waals surface area contributed by atoms with Crippen molar-refractivity contribution < 1.29 is 61.0 Å². The second-order valence-corrected chi connectivity index (χ2v) is 37.8. The molecule has 5 aliphatic heterocycles. The highest BCUT2D eigenvalue weighted by Gasteiger charge is 2.58. The second-order valence-electron chi connectivity index (χ2n) is 37.8. The molecule has 13 heterocycles. The Morgan fingerprint density at radius 3 is 1.42 bits per heavy atom. The number of alkyl halides is 2. The molecule has 0 radical (unpaired) electrons. The number of likely N-dealkylation sites (tertiary alicyclic amines) is 5. The maximum Gasteiger partial charge on any atom is 0.410 e. The van der Waals surface area contributed by atoms with E-state index in [0.29, 0.717) is 111 Å². The van der Waals surface area contributed by atoms with Crippen LogP contribution in [0.15, 0.2) is 139 Å². The van der Waals surface area contributed by atoms with Crippen molar-refractivity contribution in [2.45, 2.75) is 175 Å². The van der Waals surface area contributed by atoms with Gasteiger partial charge in [0, 0.05) is 177 Å². The highest BCUT2D eigenvalue weighted by molar-refractivity contribution is 6.00. The molecular weight excluding hydrogens is 1540 g/mol. The van der Waals surface area contributed by atoms with Crippen LogP contribution in [0.2, 0.25) is 0 Å². The molecule has 644 valence electrons. The third-order valence-electron chi connectivity index (χ3n) is 27.1. The standard InChI is InChI=1S/C27H36F2N4O2.C23H24N4O3.2C21H28N4O3/c1-26(28,29)18-32-8-3-19(4-9-32)12-24(34)33-10-5-27(6-11-33)15-23(27)17-31-25(35)21-13-20-2-7-30-16-22(20)14-21;28-21(10-16-2-1-6-24-13-16)27-8-4-23(5-9-27)12-18(23)14-26-22(29)19-11-17-3-7-25-15-20(17)30-19;2*1-20(2,3)28-19(27)24-9-6-21(7-10-24)12-16(21)13-23-18(26)15-4-5-17-22-8-11-25(17)14-15/h2,7,14,16,19,23H,3-6,8-13,15,17-18H2,1H3,(H,31,35);1-3,6-7,11,13,15,18H,4-5,8-10,12,14H2,(H,26,29);2*4-5,8,11,14,16H,6-7,9-10,12-13H2,1-3H3,(H,23,26). The van der Waals surface area contributed by atoms with Gasteiger partial charge in [-0.2, -0.15) is 0 Å². The van der Waals surface area contributed by atoms with E-state index in [4.69, 9.17) is 13.9 Å². The first-order valence-electron chi connectivity index (χ1n) is 43.3. The summed E-state index contributed by atoms with van der Waals surface area (Å²) in [6.45, 7) is 22.2. The molecule has 18 rings (SSSR count). The van der Waals surface area contributed by atoms with Gasteiger partial charge in [0.2, 0.25) is 17.7 Å². The van der Waals surface area contributed by atoms with E-state index in [2.05, 4.69) is 46.2 Å². The first kappa shape index (κ1) is 85.3. The summed E-state index contributed by atoms with van der Waals surface area (Å²) in [6, 6.07) is 16.6. The van der Waals surface area contributed by atoms with Crippen LogP contribution >= 0.6 is 0 Å². The average molecular weight is 1660 g/mol. The van der Waals surface area contributed by atoms with Gasteiger partial charge < -0.3 is 63.6 Å². The summed E-state index contributed by atoms with van der Waals surface area (Å²) in [4.78, 5) is 130. The van der Waals surface area contributed by atoms with Crippen LogP contribution in [0.1, 0.15) is 193 Å². The lowest BCUT2D eigenvalue weighted by molar-refractivity contribution is -0.134. The summed E-state index contributed by atoms with van der Waals surface area (Å²) in [5.41, 5.74) is 7.68. The van der Waals surface area contributed by atoms with Crippen molar-refractivity contribution in [2.24, 2.45) is 51.2 Å². The Morgan fingerprint density at radius 2 is 0.959 bits per heavy atom. The van der Waals surface area contributed by atoms with Crippen LogP contribution in [0.3, 0.4) is 0 Å². The first-order chi connectivity index (χ1) is 57.8. The lowest BCUT2D eigenvalue weighted by Crippen LogP contribution is -2.43. The van der Waals surface area contributed by atoms with Crippen LogP contribution in [-0.2, 0) is 36.7 Å². The predicted octanol–water partition coefficient (Wildman–Crippen LogP) is 12.5. The van der Waals surface area contributed by atoms with E-state index < -0.39 is 17.1 Å². The zero-order valence-electron chi connectivity index (χ0n) is 70.8. The van der Waals surface area contributed by atoms with Gasteiger partial charge in [-0.1, -0.05) is 6.07 Å². The number of hydrogen-bond acceptors (Lipinski definition) is 17. The number of carbonyl (C=O) groups excluding carboxylic acids is 8. The number of nitrogens with zero attached hydrogens (tertiary/aromatic N) is 12. The number of carbonyl (C=O) groups is 8. The third-order valence-corrected chi connectivity index (χ3v) is 27.1. The number of rotatable bonds is 18. The molecule has 10 aliphatic rings. The molecule has 0 aromatic carbocycles. The zero-order valence-corrected chi connectivity index (χ0v) is 70.8. The minimum absolute atomic E-state index is 0.0181. The Bertz CT molecular complexity index is 4920. The Kier molecular flexibility index (Phi) is 24.9. The van der Waals surface area contributed by atoms with E-state index in [1.165, 1.54) is 0 Å². The van der Waals surface area contributed by atoms with Crippen molar-refractivity contribution in [2.75, 3.05) is 98.2 Å². The van der Waals surface area contributed by atoms with Gasteiger partial charge in [-0.05, 0) is 267 Å². The highest BCUT2D eigenvalue weighted by Crippen LogP contribution is 2.62. The summed E-state index contributed by atoms with van der Waals surface area (Å²) in [5.74, 6) is 0.0403. The van der Waals surface area contributed by atoms with Gasteiger partial charge in [0.15, 0.2) is 11.3 Å². The van der Waals surface area contributed by atoms with E-state index in [1.807, 2.05) is 130 Å². The molecule has 9 fully saturated rings. The fraction of sp³-hybridized carbons (Fsp3) is 0.554. The third kappa shape index (κ3) is 21.4. The number of imidazole rings is 2. The Balaban J connectivity index is 0.000000126. The van der Waals surface area contributed by atoms with Gasteiger partial charge in [-0.25, -0.2) is 28.3 Å². The summed E-state index contributed by atoms with van der Waals surface area (Å²) in [6.07, 6.45) is 38.2. The van der Waals surface area contributed by atoms with Gasteiger partial charge in [-0.15, -0.1) is 0 Å². The predicted molar refractivity (Wildman–Crippen MR) is 451 cm³/mol. The molecule has 8 amide bonds. The molecule has 4 atom stereocenters. The minimum atomic E-state index is -2.66. The summed E-state index contributed by atoms with van der Waals surface area (Å²) < 4.78 is 46.7. The molecule has 4 saturated carbocycles. The number of nitrogens with one attached hydrogen (secondary N) is 4. The van der Waals surface area contributed by atoms with Crippen molar-refractivity contribution in [3.05, 3.63) is 168 Å². The second kappa shape index (κ2) is 35.4. The van der Waals surface area contributed by atoms with Gasteiger partial charge in [0.05, 0.1) is 30.3 Å². The quantitative estimate of drug-likeness (QED) is 0.0620. The topological polar surface area (TPSA) is 306 Å². The van der Waals surface area contributed by atoms with Crippen LogP contribution in [0.5, 0.6) is 0 Å². The molecule has 4 N–H and O–H groups in total. The largest absolute Gasteiger partial charge is 0.449 e. The summed E-state index contributed by atoms with van der Waals surface area (Å²) in [7, 11) is 0. The monoisotopic (exact) mass is 1660 g/mol. The van der Waals surface area contributed by atoms with Crippen molar-refractivity contribution >= 4 is 76.0 Å². The Labute approximate surface area is 705 Å². The van der Waals surface area contributed by atoms with Crippen LogP contribution in [0, 0.1) is 51.2 Å². The molecule has 121 heavy (non-hydrogen) atoms. The maximum atomic E-state index is 13.2. The molecule has 5 aliphatic carbocycles. The molecule has 4 unspecified atom stereocenters. The fourth-order valence-corrected chi connectivity index (χ4v) is 19.3. The molecule has 29 heteroatoms. The smallest absolute Gasteiger partial charge is 0.410 e. The lowest BCUT2D eigenvalue weighted by atomic mass is 9.89. The Morgan fingerprint density at radius 1 is 0.504 bits per heavy atom. The number of furan rings is 1. The van der Waals surface area contributed by atoms with Gasteiger partial charge in [-0.3, -0.25) is 48.6 Å². The fourth-order valence-electron chi connectivity index (χ4n) is 19.3. The maximum absolute atomic E-state index is 13.2. The number of aromatic nitrogens is 7. The molecule has 4 spiro atoms. The van der Waals surface area contributed by atoms with E-state index in [9.17, 15) is 47.1 Å². The number of fused-ring (bicyclic) bond motifs is 4. The first-order valence-corrected chi connectivity index (χ1v) is 43.3. The van der Waals surface area contributed by atoms with E-state index in [0.717, 1.165) is 188 Å². The van der Waals surface area contributed by atoms with Gasteiger partial charge in [0.1, 0.15) is 22.5 Å². The van der Waals surface area contributed by atoms with E-state index >= 15 is 0 Å². The van der Waals surface area contributed by atoms with Crippen molar-refractivity contribution in [3.63, 3.8) is 0 Å². The van der Waals surface area contributed by atoms with E-state index in [1.54, 1.807) is 80.2 Å². The van der Waals surface area contributed by atoms with Crippen molar-refractivity contribution in [3.8, 4) is 0 Å². The molecule has 8 aromatic heterocycles. The average Bonchev–Trinajstić information content (AvgIpc) is 1.61. The molecule has 27 nitrogen and oxygen atoms in total. The zero-order chi connectivity index (χ0) is 85.1. The van der Waals surface area contributed by atoms with Gasteiger partial charge >= 0.3 is 12.2 Å². The minimum Gasteiger partial charge on any atom is -0.449 e. The van der Waals surface area contributed by atoms with Gasteiger partial charge in [0.25, 0.3) is 23.6 Å².